The van der Waals surface area contributed by atoms with Crippen molar-refractivity contribution in [1.29, 1.82) is 0 Å². The van der Waals surface area contributed by atoms with E-state index in [1.807, 2.05) is 30.3 Å². The zero-order chi connectivity index (χ0) is 17.9. The third-order valence-corrected chi connectivity index (χ3v) is 3.18. The Hall–Kier alpha value is -3.12. The molecule has 6 heteroatoms. The summed E-state index contributed by atoms with van der Waals surface area (Å²) in [5.74, 6) is -0.440. The average molecular weight is 340 g/mol. The van der Waals surface area contributed by atoms with E-state index in [-0.39, 0.29) is 12.3 Å². The number of hydrogen-bond acceptors (Lipinski definition) is 4. The molecule has 2 rings (SSSR count). The maximum Gasteiger partial charge on any atom is 0.267 e. The van der Waals surface area contributed by atoms with Gasteiger partial charge in [-0.25, -0.2) is 0 Å². The largest absolute Gasteiger partial charge is 0.465 e. The maximum absolute atomic E-state index is 12.2. The first-order valence-electron chi connectivity index (χ1n) is 7.87. The van der Waals surface area contributed by atoms with Crippen LogP contribution in [0.1, 0.15) is 17.7 Å². The van der Waals surface area contributed by atoms with Gasteiger partial charge in [0.2, 0.25) is 5.91 Å². The number of aliphatic hydroxyl groups is 1. The van der Waals surface area contributed by atoms with Crippen LogP contribution in [0.4, 0.5) is 0 Å². The van der Waals surface area contributed by atoms with Gasteiger partial charge in [0, 0.05) is 25.3 Å². The van der Waals surface area contributed by atoms with E-state index in [2.05, 4.69) is 10.6 Å². The van der Waals surface area contributed by atoms with Gasteiger partial charge in [-0.3, -0.25) is 9.59 Å². The highest BCUT2D eigenvalue weighted by atomic mass is 16.3. The summed E-state index contributed by atoms with van der Waals surface area (Å²) >= 11 is 0. The van der Waals surface area contributed by atoms with Crippen LogP contribution in [0, 0.1) is 0 Å². The number of carbonyl (C=O) groups excluding carboxylic acids is 2. The summed E-state index contributed by atoms with van der Waals surface area (Å²) in [5.41, 5.74) is 0.942. The third-order valence-electron chi connectivity index (χ3n) is 3.18. The molecule has 1 aromatic heterocycles. The Morgan fingerprint density at radius 3 is 2.60 bits per heavy atom. The number of nitrogens with one attached hydrogen (secondary N) is 2. The minimum Gasteiger partial charge on any atom is -0.465 e. The smallest absolute Gasteiger partial charge is 0.267 e. The number of amides is 2. The molecule has 25 heavy (non-hydrogen) atoms. The molecule has 3 N–H and O–H groups in total. The molecule has 2 aromatic rings. The van der Waals surface area contributed by atoms with Gasteiger partial charge in [-0.1, -0.05) is 30.3 Å². The monoisotopic (exact) mass is 340 g/mol. The van der Waals surface area contributed by atoms with Crippen molar-refractivity contribution in [3.05, 3.63) is 71.8 Å². The summed E-state index contributed by atoms with van der Waals surface area (Å²) in [4.78, 5) is 24.3. The van der Waals surface area contributed by atoms with Crippen LogP contribution in [0.15, 0.2) is 64.9 Å². The van der Waals surface area contributed by atoms with Gasteiger partial charge in [0.1, 0.15) is 11.5 Å². The molecule has 1 heterocycles. The SMILES string of the molecule is O=C(/C=C/c1ccccc1)N/C(=C/c1ccco1)C(=O)NCCCO. The summed E-state index contributed by atoms with van der Waals surface area (Å²) in [6.45, 7) is 0.282. The number of aliphatic hydroxyl groups excluding tert-OH is 1. The predicted octanol–water partition coefficient (Wildman–Crippen LogP) is 1.95. The van der Waals surface area contributed by atoms with E-state index in [9.17, 15) is 9.59 Å². The van der Waals surface area contributed by atoms with E-state index in [1.165, 1.54) is 18.4 Å². The standard InChI is InChI=1S/C19H20N2O4/c22-12-5-11-20-19(24)17(14-16-8-4-13-25-16)21-18(23)10-9-15-6-2-1-3-7-15/h1-4,6-10,13-14,22H,5,11-12H2,(H,20,24)(H,21,23)/b10-9+,17-14+. The van der Waals surface area contributed by atoms with Crippen LogP contribution in [-0.2, 0) is 9.59 Å². The van der Waals surface area contributed by atoms with Crippen LogP contribution in [0.5, 0.6) is 0 Å². The van der Waals surface area contributed by atoms with Crippen molar-refractivity contribution in [3.63, 3.8) is 0 Å². The fourth-order valence-electron chi connectivity index (χ4n) is 1.96. The van der Waals surface area contributed by atoms with E-state index in [0.717, 1.165) is 5.56 Å². The molecule has 0 radical (unpaired) electrons. The zero-order valence-corrected chi connectivity index (χ0v) is 13.6. The highest BCUT2D eigenvalue weighted by molar-refractivity contribution is 6.04. The Morgan fingerprint density at radius 2 is 1.92 bits per heavy atom. The lowest BCUT2D eigenvalue weighted by atomic mass is 10.2. The Labute approximate surface area is 145 Å². The number of hydrogen-bond donors (Lipinski definition) is 3. The first-order chi connectivity index (χ1) is 12.2. The average Bonchev–Trinajstić information content (AvgIpc) is 3.13. The fraction of sp³-hybridized carbons (Fsp3) is 0.158. The molecule has 6 nitrogen and oxygen atoms in total. The molecular formula is C19H20N2O4. The summed E-state index contributed by atoms with van der Waals surface area (Å²) in [5, 5.41) is 14.0. The van der Waals surface area contributed by atoms with Crippen molar-refractivity contribution in [3.8, 4) is 0 Å². The molecule has 0 fully saturated rings. The molecule has 0 unspecified atom stereocenters. The molecule has 0 aliphatic heterocycles. The van der Waals surface area contributed by atoms with Crippen molar-refractivity contribution in [1.82, 2.24) is 10.6 Å². The lowest BCUT2D eigenvalue weighted by Gasteiger charge is -2.08. The van der Waals surface area contributed by atoms with Crippen molar-refractivity contribution >= 4 is 24.0 Å². The second-order valence-electron chi connectivity index (χ2n) is 5.14. The molecule has 0 bridgehead atoms. The van der Waals surface area contributed by atoms with Gasteiger partial charge >= 0.3 is 0 Å². The molecule has 0 saturated heterocycles. The van der Waals surface area contributed by atoms with Crippen LogP contribution in [-0.4, -0.2) is 30.1 Å². The van der Waals surface area contributed by atoms with E-state index in [0.29, 0.717) is 18.7 Å². The summed E-state index contributed by atoms with van der Waals surface area (Å²) in [6, 6.07) is 12.7. The number of carbonyl (C=O) groups is 2. The first kappa shape index (κ1) is 18.2. The highest BCUT2D eigenvalue weighted by Crippen LogP contribution is 2.07. The van der Waals surface area contributed by atoms with Gasteiger partial charge in [-0.2, -0.15) is 0 Å². The lowest BCUT2D eigenvalue weighted by Crippen LogP contribution is -2.34. The minimum absolute atomic E-state index is 0.0241. The van der Waals surface area contributed by atoms with E-state index >= 15 is 0 Å². The molecule has 130 valence electrons. The first-order valence-corrected chi connectivity index (χ1v) is 7.87. The molecule has 0 saturated carbocycles. The third kappa shape index (κ3) is 6.48. The van der Waals surface area contributed by atoms with Crippen LogP contribution in [0.3, 0.4) is 0 Å². The van der Waals surface area contributed by atoms with Crippen LogP contribution < -0.4 is 10.6 Å². The molecule has 0 spiro atoms. The molecule has 0 aliphatic carbocycles. The van der Waals surface area contributed by atoms with Gasteiger partial charge in [0.05, 0.1) is 6.26 Å². The van der Waals surface area contributed by atoms with E-state index < -0.39 is 11.8 Å². The second kappa shape index (κ2) is 9.89. The fourth-order valence-corrected chi connectivity index (χ4v) is 1.96. The van der Waals surface area contributed by atoms with Crippen molar-refractivity contribution in [2.24, 2.45) is 0 Å². The minimum atomic E-state index is -0.452. The number of furan rings is 1. The lowest BCUT2D eigenvalue weighted by molar-refractivity contribution is -0.121. The number of rotatable bonds is 8. The molecule has 2 amide bonds. The van der Waals surface area contributed by atoms with Gasteiger partial charge < -0.3 is 20.2 Å². The predicted molar refractivity (Wildman–Crippen MR) is 95.0 cm³/mol. The Bertz CT molecular complexity index is 734. The van der Waals surface area contributed by atoms with E-state index in [4.69, 9.17) is 9.52 Å². The molecule has 0 atom stereocenters. The van der Waals surface area contributed by atoms with Crippen LogP contribution in [0.2, 0.25) is 0 Å². The van der Waals surface area contributed by atoms with Crippen LogP contribution in [0.25, 0.3) is 12.2 Å². The molecule has 1 aromatic carbocycles. The summed E-state index contributed by atoms with van der Waals surface area (Å²) < 4.78 is 5.18. The van der Waals surface area contributed by atoms with Gasteiger partial charge in [0.15, 0.2) is 0 Å². The maximum atomic E-state index is 12.2. The Balaban J connectivity index is 2.06. The second-order valence-corrected chi connectivity index (χ2v) is 5.14. The van der Waals surface area contributed by atoms with Gasteiger partial charge in [-0.15, -0.1) is 0 Å². The van der Waals surface area contributed by atoms with Crippen molar-refractivity contribution < 1.29 is 19.1 Å². The summed E-state index contributed by atoms with van der Waals surface area (Å²) in [6.07, 6.45) is 6.37. The Morgan fingerprint density at radius 1 is 1.12 bits per heavy atom. The number of benzene rings is 1. The summed E-state index contributed by atoms with van der Waals surface area (Å²) in [7, 11) is 0. The Kier molecular flexibility index (Phi) is 7.21. The topological polar surface area (TPSA) is 91.6 Å². The molecular weight excluding hydrogens is 320 g/mol. The van der Waals surface area contributed by atoms with Gasteiger partial charge in [0.25, 0.3) is 5.91 Å². The van der Waals surface area contributed by atoms with E-state index in [1.54, 1.807) is 18.2 Å². The van der Waals surface area contributed by atoms with Crippen molar-refractivity contribution in [2.75, 3.05) is 13.2 Å². The highest BCUT2D eigenvalue weighted by Gasteiger charge is 2.12. The van der Waals surface area contributed by atoms with Gasteiger partial charge in [-0.05, 0) is 30.2 Å². The zero-order valence-electron chi connectivity index (χ0n) is 13.6. The quantitative estimate of drug-likeness (QED) is 0.506. The normalized spacial score (nSPS) is 11.5. The molecule has 0 aliphatic rings. The van der Waals surface area contributed by atoms with Crippen LogP contribution >= 0.6 is 0 Å². The van der Waals surface area contributed by atoms with Crippen molar-refractivity contribution in [2.45, 2.75) is 6.42 Å².